The van der Waals surface area contributed by atoms with E-state index in [1.54, 1.807) is 0 Å². The molecule has 22 heavy (non-hydrogen) atoms. The molecule has 2 aliphatic rings. The largest absolute Gasteiger partial charge is 0.480 e. The summed E-state index contributed by atoms with van der Waals surface area (Å²) in [5.74, 6) is -1.40. The number of carboxylic acids is 1. The van der Waals surface area contributed by atoms with Crippen molar-refractivity contribution < 1.29 is 19.6 Å². The summed E-state index contributed by atoms with van der Waals surface area (Å²) >= 11 is 0. The lowest BCUT2D eigenvalue weighted by Gasteiger charge is -2.23. The number of carbonyl (C=O) groups is 2. The minimum atomic E-state index is -0.978. The van der Waals surface area contributed by atoms with Gasteiger partial charge in [-0.15, -0.1) is 0 Å². The second-order valence-electron chi connectivity index (χ2n) is 5.81. The fourth-order valence-electron chi connectivity index (χ4n) is 3.64. The summed E-state index contributed by atoms with van der Waals surface area (Å²) in [6, 6.07) is 0.422. The summed E-state index contributed by atoms with van der Waals surface area (Å²) in [7, 11) is 0. The van der Waals surface area contributed by atoms with Crippen LogP contribution in [0.5, 0.6) is 0 Å². The van der Waals surface area contributed by atoms with E-state index in [-0.39, 0.29) is 30.1 Å². The fourth-order valence-corrected chi connectivity index (χ4v) is 3.64. The minimum absolute atomic E-state index is 0.0217. The predicted octanol–water partition coefficient (Wildman–Crippen LogP) is 0.503. The molecule has 0 spiro atoms. The van der Waals surface area contributed by atoms with E-state index in [4.69, 9.17) is 0 Å². The van der Waals surface area contributed by atoms with Crippen molar-refractivity contribution in [2.24, 2.45) is 11.8 Å². The highest BCUT2D eigenvalue weighted by atomic mass is 16.6. The molecule has 9 nitrogen and oxygen atoms in total. The van der Waals surface area contributed by atoms with E-state index in [0.717, 1.165) is 19.3 Å². The van der Waals surface area contributed by atoms with Gasteiger partial charge in [0.25, 0.3) is 0 Å². The maximum absolute atomic E-state index is 12.4. The Balaban J connectivity index is 1.73. The predicted molar refractivity (Wildman–Crippen MR) is 72.8 cm³/mol. The lowest BCUT2D eigenvalue weighted by Crippen LogP contribution is -2.44. The number of amides is 1. The Kier molecular flexibility index (Phi) is 3.55. The van der Waals surface area contributed by atoms with Crippen LogP contribution in [0.3, 0.4) is 0 Å². The zero-order valence-corrected chi connectivity index (χ0v) is 11.8. The summed E-state index contributed by atoms with van der Waals surface area (Å²) in [4.78, 5) is 35.2. The second kappa shape index (κ2) is 5.39. The topological polar surface area (TPSA) is 119 Å². The van der Waals surface area contributed by atoms with Crippen LogP contribution in [0.25, 0.3) is 0 Å². The van der Waals surface area contributed by atoms with Gasteiger partial charge in [-0.05, 0) is 29.6 Å². The van der Waals surface area contributed by atoms with Gasteiger partial charge in [-0.2, -0.15) is 4.68 Å². The number of nitro groups is 1. The SMILES string of the molecule is O=C(O)C1C2CCCC2CN1C(=O)Cn1ccc([N+](=O)[O-])n1. The summed E-state index contributed by atoms with van der Waals surface area (Å²) < 4.78 is 1.17. The Bertz CT molecular complexity index is 628. The van der Waals surface area contributed by atoms with E-state index in [0.29, 0.717) is 6.54 Å². The zero-order valence-electron chi connectivity index (χ0n) is 11.8. The number of carboxylic acid groups (broad SMARTS) is 1. The van der Waals surface area contributed by atoms with Gasteiger partial charge in [-0.1, -0.05) is 6.42 Å². The standard InChI is InChI=1S/C13H16N4O5/c18-11(7-15-5-4-10(14-15)17(21)22)16-6-8-2-1-3-9(8)12(16)13(19)20/h4-5,8-9,12H,1-3,6-7H2,(H,19,20). The lowest BCUT2D eigenvalue weighted by atomic mass is 9.94. The Labute approximate surface area is 125 Å². The van der Waals surface area contributed by atoms with Gasteiger partial charge in [0.05, 0.1) is 17.4 Å². The number of aliphatic carboxylic acids is 1. The molecule has 1 aliphatic carbocycles. The summed E-state index contributed by atoms with van der Waals surface area (Å²) in [6.45, 7) is 0.265. The van der Waals surface area contributed by atoms with Gasteiger partial charge in [0.15, 0.2) is 0 Å². The number of rotatable bonds is 4. The molecule has 1 aliphatic heterocycles. The maximum Gasteiger partial charge on any atom is 0.389 e. The summed E-state index contributed by atoms with van der Waals surface area (Å²) in [5.41, 5.74) is 0. The van der Waals surface area contributed by atoms with Crippen LogP contribution in [0.2, 0.25) is 0 Å². The molecule has 118 valence electrons. The van der Waals surface area contributed by atoms with Crippen molar-refractivity contribution in [2.75, 3.05) is 6.54 Å². The Morgan fingerprint density at radius 3 is 2.86 bits per heavy atom. The molecule has 1 N–H and O–H groups in total. The highest BCUT2D eigenvalue weighted by Crippen LogP contribution is 2.42. The van der Waals surface area contributed by atoms with Crippen molar-refractivity contribution in [3.05, 3.63) is 22.4 Å². The molecule has 3 unspecified atom stereocenters. The summed E-state index contributed by atoms with van der Waals surface area (Å²) in [5, 5.41) is 23.7. The molecule has 1 amide bonds. The van der Waals surface area contributed by atoms with Crippen molar-refractivity contribution in [2.45, 2.75) is 31.8 Å². The zero-order chi connectivity index (χ0) is 15.9. The normalized spacial score (nSPS) is 26.9. The fraction of sp³-hybridized carbons (Fsp3) is 0.615. The van der Waals surface area contributed by atoms with E-state index < -0.39 is 16.9 Å². The van der Waals surface area contributed by atoms with Crippen LogP contribution in [0.1, 0.15) is 19.3 Å². The quantitative estimate of drug-likeness (QED) is 0.639. The van der Waals surface area contributed by atoms with Crippen molar-refractivity contribution in [3.8, 4) is 0 Å². The van der Waals surface area contributed by atoms with Gasteiger partial charge in [0.1, 0.15) is 12.6 Å². The van der Waals surface area contributed by atoms with Crippen molar-refractivity contribution in [1.29, 1.82) is 0 Å². The van der Waals surface area contributed by atoms with E-state index in [2.05, 4.69) is 5.10 Å². The average molecular weight is 308 g/mol. The molecule has 9 heteroatoms. The molecular weight excluding hydrogens is 292 g/mol. The molecular formula is C13H16N4O5. The second-order valence-corrected chi connectivity index (χ2v) is 5.81. The van der Waals surface area contributed by atoms with Crippen LogP contribution in [0.15, 0.2) is 12.3 Å². The molecule has 0 aromatic carbocycles. The third-order valence-corrected chi connectivity index (χ3v) is 4.57. The van der Waals surface area contributed by atoms with Crippen LogP contribution in [-0.2, 0) is 16.1 Å². The highest BCUT2D eigenvalue weighted by Gasteiger charge is 2.49. The Hall–Kier alpha value is -2.45. The van der Waals surface area contributed by atoms with E-state index >= 15 is 0 Å². The van der Waals surface area contributed by atoms with E-state index in [1.807, 2.05) is 0 Å². The van der Waals surface area contributed by atoms with Crippen molar-refractivity contribution >= 4 is 17.7 Å². The molecule has 2 heterocycles. The molecule has 1 aromatic rings. The van der Waals surface area contributed by atoms with Crippen molar-refractivity contribution in [1.82, 2.24) is 14.7 Å². The number of fused-ring (bicyclic) bond motifs is 1. The first kappa shape index (κ1) is 14.5. The van der Waals surface area contributed by atoms with Crippen LogP contribution in [-0.4, -0.2) is 49.2 Å². The molecule has 1 saturated carbocycles. The van der Waals surface area contributed by atoms with Crippen LogP contribution >= 0.6 is 0 Å². The van der Waals surface area contributed by atoms with Gasteiger partial charge in [-0.25, -0.2) is 4.79 Å². The van der Waals surface area contributed by atoms with Crippen LogP contribution in [0.4, 0.5) is 5.82 Å². The molecule has 1 saturated heterocycles. The average Bonchev–Trinajstić information content (AvgIpc) is 3.11. The number of hydrogen-bond acceptors (Lipinski definition) is 5. The molecule has 3 atom stereocenters. The molecule has 1 aromatic heterocycles. The molecule has 0 radical (unpaired) electrons. The minimum Gasteiger partial charge on any atom is -0.480 e. The van der Waals surface area contributed by atoms with Crippen molar-refractivity contribution in [3.63, 3.8) is 0 Å². The first-order chi connectivity index (χ1) is 10.5. The van der Waals surface area contributed by atoms with Gasteiger partial charge < -0.3 is 20.1 Å². The van der Waals surface area contributed by atoms with Gasteiger partial charge in [0, 0.05) is 6.54 Å². The third kappa shape index (κ3) is 2.42. The summed E-state index contributed by atoms with van der Waals surface area (Å²) in [6.07, 6.45) is 4.14. The highest BCUT2D eigenvalue weighted by molar-refractivity contribution is 5.84. The monoisotopic (exact) mass is 308 g/mol. The first-order valence-corrected chi connectivity index (χ1v) is 7.17. The van der Waals surface area contributed by atoms with Gasteiger partial charge >= 0.3 is 11.8 Å². The number of nitrogens with zero attached hydrogens (tertiary/aromatic N) is 4. The maximum atomic E-state index is 12.4. The number of hydrogen-bond donors (Lipinski definition) is 1. The van der Waals surface area contributed by atoms with E-state index in [1.165, 1.54) is 21.8 Å². The Morgan fingerprint density at radius 2 is 2.23 bits per heavy atom. The first-order valence-electron chi connectivity index (χ1n) is 7.17. The van der Waals surface area contributed by atoms with E-state index in [9.17, 15) is 24.8 Å². The Morgan fingerprint density at radius 1 is 1.45 bits per heavy atom. The smallest absolute Gasteiger partial charge is 0.389 e. The number of aromatic nitrogens is 2. The lowest BCUT2D eigenvalue weighted by molar-refractivity contribution is -0.389. The van der Waals surface area contributed by atoms with Gasteiger partial charge in [-0.3, -0.25) is 4.79 Å². The number of carbonyl (C=O) groups excluding carboxylic acids is 1. The number of likely N-dealkylation sites (tertiary alicyclic amines) is 1. The molecule has 0 bridgehead atoms. The molecule has 2 fully saturated rings. The third-order valence-electron chi connectivity index (χ3n) is 4.57. The van der Waals surface area contributed by atoms with Crippen LogP contribution in [0, 0.1) is 22.0 Å². The van der Waals surface area contributed by atoms with Gasteiger partial charge in [0.2, 0.25) is 5.91 Å². The van der Waals surface area contributed by atoms with Crippen LogP contribution < -0.4 is 0 Å². The molecule has 3 rings (SSSR count).